The van der Waals surface area contributed by atoms with Crippen LogP contribution >= 0.6 is 0 Å². The van der Waals surface area contributed by atoms with Crippen LogP contribution in [-0.4, -0.2) is 52.3 Å². The Labute approximate surface area is 176 Å². The summed E-state index contributed by atoms with van der Waals surface area (Å²) in [7, 11) is 0. The van der Waals surface area contributed by atoms with Gasteiger partial charge in [0.15, 0.2) is 18.1 Å². The van der Waals surface area contributed by atoms with Crippen molar-refractivity contribution in [1.82, 2.24) is 0 Å². The lowest BCUT2D eigenvalue weighted by molar-refractivity contribution is -0.139. The van der Waals surface area contributed by atoms with Crippen LogP contribution in [0.4, 0.5) is 0 Å². The number of para-hydroxylation sites is 1. The predicted octanol–water partition coefficient (Wildman–Crippen LogP) is 2.93. The van der Waals surface area contributed by atoms with Crippen molar-refractivity contribution >= 4 is 5.97 Å². The molecule has 7 heteroatoms. The zero-order chi connectivity index (χ0) is 21.1. The first kappa shape index (κ1) is 21.0. The maximum Gasteiger partial charge on any atom is 0.341 e. The second kappa shape index (κ2) is 9.27. The van der Waals surface area contributed by atoms with E-state index in [2.05, 4.69) is 0 Å². The lowest BCUT2D eigenvalue weighted by Crippen LogP contribution is -2.39. The molecular weight excluding hydrogens is 388 g/mol. The third kappa shape index (κ3) is 4.73. The van der Waals surface area contributed by atoms with E-state index in [1.165, 1.54) is 32.1 Å². The Balaban J connectivity index is 1.42. The molecule has 2 aliphatic carbocycles. The van der Waals surface area contributed by atoms with Crippen LogP contribution in [0, 0.1) is 11.8 Å². The number of aliphatic hydroxyl groups is 2. The van der Waals surface area contributed by atoms with E-state index < -0.39 is 24.8 Å². The molecule has 1 heterocycles. The summed E-state index contributed by atoms with van der Waals surface area (Å²) < 4.78 is 17.5. The van der Waals surface area contributed by atoms with E-state index in [1.54, 1.807) is 24.3 Å². The molecule has 2 fully saturated rings. The maximum absolute atomic E-state index is 10.8. The topological polar surface area (TPSA) is 105 Å². The van der Waals surface area contributed by atoms with Crippen molar-refractivity contribution in [2.24, 2.45) is 11.8 Å². The van der Waals surface area contributed by atoms with Crippen LogP contribution in [-0.2, 0) is 4.79 Å². The molecule has 0 bridgehead atoms. The summed E-state index contributed by atoms with van der Waals surface area (Å²) in [5, 5.41) is 29.9. The first-order chi connectivity index (χ1) is 14.5. The molecule has 0 radical (unpaired) electrons. The molecule has 0 saturated heterocycles. The fourth-order valence-corrected chi connectivity index (χ4v) is 4.86. The molecule has 0 amide bonds. The highest BCUT2D eigenvalue weighted by molar-refractivity contribution is 5.68. The third-order valence-corrected chi connectivity index (χ3v) is 6.35. The van der Waals surface area contributed by atoms with Crippen molar-refractivity contribution in [2.45, 2.75) is 69.4 Å². The Kier molecular flexibility index (Phi) is 6.49. The van der Waals surface area contributed by atoms with Gasteiger partial charge in [0.1, 0.15) is 12.2 Å². The van der Waals surface area contributed by atoms with E-state index in [4.69, 9.17) is 19.3 Å². The van der Waals surface area contributed by atoms with Gasteiger partial charge in [0.25, 0.3) is 0 Å². The van der Waals surface area contributed by atoms with Crippen LogP contribution in [0.1, 0.15) is 44.9 Å². The SMILES string of the molecule is O=C(O)COc1cccc2c1OC1CC(O)C(/C=C/C(O)CC3CCCCC3)C1O2. The summed E-state index contributed by atoms with van der Waals surface area (Å²) in [5.41, 5.74) is 0. The minimum absolute atomic E-state index is 0.284. The number of benzene rings is 1. The average Bonchev–Trinajstić information content (AvgIpc) is 3.03. The van der Waals surface area contributed by atoms with Crippen molar-refractivity contribution in [1.29, 1.82) is 0 Å². The molecule has 1 aromatic rings. The molecule has 2 saturated carbocycles. The number of hydrogen-bond donors (Lipinski definition) is 3. The van der Waals surface area contributed by atoms with Crippen LogP contribution in [0.5, 0.6) is 17.2 Å². The van der Waals surface area contributed by atoms with E-state index in [1.807, 2.05) is 6.08 Å². The highest BCUT2D eigenvalue weighted by Gasteiger charge is 2.47. The third-order valence-electron chi connectivity index (χ3n) is 6.35. The summed E-state index contributed by atoms with van der Waals surface area (Å²) in [4.78, 5) is 10.8. The van der Waals surface area contributed by atoms with Gasteiger partial charge in [-0.2, -0.15) is 0 Å². The minimum atomic E-state index is -1.07. The van der Waals surface area contributed by atoms with E-state index in [-0.39, 0.29) is 18.1 Å². The van der Waals surface area contributed by atoms with Gasteiger partial charge in [0.05, 0.1) is 12.2 Å². The number of rotatable bonds is 7. The molecule has 3 aliphatic rings. The predicted molar refractivity (Wildman–Crippen MR) is 109 cm³/mol. The van der Waals surface area contributed by atoms with Crippen molar-refractivity contribution in [3.05, 3.63) is 30.4 Å². The summed E-state index contributed by atoms with van der Waals surface area (Å²) in [5.74, 6) is 0.363. The largest absolute Gasteiger partial charge is 0.482 e. The molecule has 0 aromatic heterocycles. The molecular formula is C23H30O7. The van der Waals surface area contributed by atoms with Gasteiger partial charge in [-0.05, 0) is 24.5 Å². The second-order valence-corrected chi connectivity index (χ2v) is 8.58. The quantitative estimate of drug-likeness (QED) is 0.585. The average molecular weight is 418 g/mol. The van der Waals surface area contributed by atoms with Gasteiger partial charge in [-0.25, -0.2) is 4.79 Å². The monoisotopic (exact) mass is 418 g/mol. The zero-order valence-corrected chi connectivity index (χ0v) is 17.0. The van der Waals surface area contributed by atoms with Crippen LogP contribution in [0.15, 0.2) is 30.4 Å². The molecule has 7 nitrogen and oxygen atoms in total. The highest BCUT2D eigenvalue weighted by Crippen LogP contribution is 2.46. The van der Waals surface area contributed by atoms with Gasteiger partial charge in [0, 0.05) is 12.3 Å². The zero-order valence-electron chi connectivity index (χ0n) is 17.0. The first-order valence-corrected chi connectivity index (χ1v) is 10.9. The van der Waals surface area contributed by atoms with E-state index in [0.29, 0.717) is 29.6 Å². The number of hydrogen-bond acceptors (Lipinski definition) is 6. The van der Waals surface area contributed by atoms with Gasteiger partial charge in [-0.3, -0.25) is 0 Å². The van der Waals surface area contributed by atoms with Crippen LogP contribution in [0.25, 0.3) is 0 Å². The lowest BCUT2D eigenvalue weighted by Gasteiger charge is -2.32. The number of ether oxygens (including phenoxy) is 3. The molecule has 164 valence electrons. The number of carboxylic acid groups (broad SMARTS) is 1. The van der Waals surface area contributed by atoms with Crippen LogP contribution in [0.2, 0.25) is 0 Å². The highest BCUT2D eigenvalue weighted by atomic mass is 16.6. The van der Waals surface area contributed by atoms with E-state index >= 15 is 0 Å². The molecule has 4 rings (SSSR count). The number of carbonyl (C=O) groups is 1. The molecule has 3 N–H and O–H groups in total. The Bertz CT molecular complexity index is 771. The smallest absolute Gasteiger partial charge is 0.341 e. The number of aliphatic carboxylic acids is 1. The molecule has 5 unspecified atom stereocenters. The minimum Gasteiger partial charge on any atom is -0.482 e. The van der Waals surface area contributed by atoms with Crippen molar-refractivity contribution < 1.29 is 34.3 Å². The Morgan fingerprint density at radius 2 is 2.03 bits per heavy atom. The van der Waals surface area contributed by atoms with E-state index in [9.17, 15) is 15.0 Å². The normalized spacial score (nSPS) is 29.5. The van der Waals surface area contributed by atoms with Crippen LogP contribution in [0.3, 0.4) is 0 Å². The van der Waals surface area contributed by atoms with Crippen LogP contribution < -0.4 is 14.2 Å². The molecule has 5 atom stereocenters. The standard InChI is InChI=1S/C23H30O7/c24-15(11-14-5-2-1-3-6-14)9-10-16-17(25)12-20-22(16)29-19-8-4-7-18(23(19)30-20)28-13-21(26)27/h4,7-10,14-17,20,22,24-25H,1-3,5-6,11-13H2,(H,26,27)/b10-9+. The fraction of sp³-hybridized carbons (Fsp3) is 0.609. The van der Waals surface area contributed by atoms with Gasteiger partial charge in [0.2, 0.25) is 5.75 Å². The first-order valence-electron chi connectivity index (χ1n) is 10.9. The van der Waals surface area contributed by atoms with Gasteiger partial charge in [-0.15, -0.1) is 0 Å². The number of carboxylic acids is 1. The summed E-state index contributed by atoms with van der Waals surface area (Å²) >= 11 is 0. The second-order valence-electron chi connectivity index (χ2n) is 8.58. The van der Waals surface area contributed by atoms with Gasteiger partial charge >= 0.3 is 5.97 Å². The lowest BCUT2D eigenvalue weighted by atomic mass is 9.85. The van der Waals surface area contributed by atoms with Crippen molar-refractivity contribution in [3.8, 4) is 17.2 Å². The summed E-state index contributed by atoms with van der Waals surface area (Å²) in [6, 6.07) is 5.09. The van der Waals surface area contributed by atoms with Gasteiger partial charge in [-0.1, -0.05) is 50.3 Å². The fourth-order valence-electron chi connectivity index (χ4n) is 4.86. The molecule has 0 spiro atoms. The number of aliphatic hydroxyl groups excluding tert-OH is 2. The summed E-state index contributed by atoms with van der Waals surface area (Å²) in [6.07, 6.45) is 9.05. The number of fused-ring (bicyclic) bond motifs is 2. The van der Waals surface area contributed by atoms with E-state index in [0.717, 1.165) is 6.42 Å². The maximum atomic E-state index is 10.8. The Morgan fingerprint density at radius 3 is 2.80 bits per heavy atom. The molecule has 1 aromatic carbocycles. The van der Waals surface area contributed by atoms with Crippen molar-refractivity contribution in [3.63, 3.8) is 0 Å². The molecule has 1 aliphatic heterocycles. The van der Waals surface area contributed by atoms with Crippen molar-refractivity contribution in [2.75, 3.05) is 6.61 Å². The van der Waals surface area contributed by atoms with Gasteiger partial charge < -0.3 is 29.5 Å². The molecule has 30 heavy (non-hydrogen) atoms. The summed E-state index contributed by atoms with van der Waals surface area (Å²) in [6.45, 7) is -0.471. The Morgan fingerprint density at radius 1 is 1.23 bits per heavy atom. The Hall–Kier alpha value is -2.25.